The first kappa shape index (κ1) is 23.8. The summed E-state index contributed by atoms with van der Waals surface area (Å²) in [6, 6.07) is 11.0. The van der Waals surface area contributed by atoms with E-state index in [1.165, 1.54) is 12.0 Å². The Morgan fingerprint density at radius 3 is 2.44 bits per heavy atom. The largest absolute Gasteiger partial charge is 0.495 e. The maximum atomic E-state index is 13.4. The fourth-order valence-electron chi connectivity index (χ4n) is 3.67. The van der Waals surface area contributed by atoms with Gasteiger partial charge in [0, 0.05) is 18.8 Å². The number of halogens is 1. The van der Waals surface area contributed by atoms with E-state index in [9.17, 15) is 9.59 Å². The van der Waals surface area contributed by atoms with Gasteiger partial charge in [0.05, 0.1) is 23.8 Å². The van der Waals surface area contributed by atoms with Crippen molar-refractivity contribution in [1.82, 2.24) is 4.90 Å². The van der Waals surface area contributed by atoms with Crippen molar-refractivity contribution in [2.75, 3.05) is 25.6 Å². The summed E-state index contributed by atoms with van der Waals surface area (Å²) in [7, 11) is 1.54. The highest BCUT2D eigenvalue weighted by atomic mass is 35.5. The number of nitrogens with zero attached hydrogens (tertiary/aromatic N) is 1. The van der Waals surface area contributed by atoms with Gasteiger partial charge in [-0.2, -0.15) is 0 Å². The van der Waals surface area contributed by atoms with Crippen molar-refractivity contribution < 1.29 is 19.1 Å². The minimum Gasteiger partial charge on any atom is -0.495 e. The van der Waals surface area contributed by atoms with Gasteiger partial charge in [-0.05, 0) is 63.4 Å². The summed E-state index contributed by atoms with van der Waals surface area (Å²) in [5, 5.41) is 3.55. The Bertz CT molecular complexity index is 1060. The molecule has 0 radical (unpaired) electrons. The Labute approximate surface area is 194 Å². The van der Waals surface area contributed by atoms with Crippen molar-refractivity contribution in [1.29, 1.82) is 0 Å². The van der Waals surface area contributed by atoms with Gasteiger partial charge in [0.1, 0.15) is 11.4 Å². The molecule has 0 unspecified atom stereocenters. The lowest BCUT2D eigenvalue weighted by molar-refractivity contribution is -0.137. The van der Waals surface area contributed by atoms with Crippen LogP contribution >= 0.6 is 11.6 Å². The van der Waals surface area contributed by atoms with E-state index in [2.05, 4.69) is 5.32 Å². The normalized spacial score (nSPS) is 14.0. The van der Waals surface area contributed by atoms with Crippen LogP contribution in [0, 0.1) is 13.8 Å². The molecular weight excluding hydrogens is 428 g/mol. The Hall–Kier alpha value is -2.83. The van der Waals surface area contributed by atoms with Crippen molar-refractivity contribution in [3.05, 3.63) is 63.8 Å². The van der Waals surface area contributed by atoms with Crippen LogP contribution in [-0.4, -0.2) is 43.1 Å². The SMILES string of the molecule is COc1ccc(NC2=C(c3ccc(C)cc3C)C(=O)N(CCCOC(C)C)C2=O)cc1Cl. The molecule has 0 aromatic heterocycles. The second-order valence-electron chi connectivity index (χ2n) is 8.08. The molecule has 0 saturated carbocycles. The van der Waals surface area contributed by atoms with E-state index in [0.717, 1.165) is 16.7 Å². The molecule has 6 nitrogen and oxygen atoms in total. The topological polar surface area (TPSA) is 67.9 Å². The van der Waals surface area contributed by atoms with Crippen molar-refractivity contribution in [3.63, 3.8) is 0 Å². The van der Waals surface area contributed by atoms with Crippen LogP contribution in [0.2, 0.25) is 5.02 Å². The number of hydrogen-bond donors (Lipinski definition) is 1. The Morgan fingerprint density at radius 1 is 1.06 bits per heavy atom. The van der Waals surface area contributed by atoms with E-state index in [4.69, 9.17) is 21.1 Å². The second kappa shape index (κ2) is 10.2. The molecule has 1 aliphatic rings. The van der Waals surface area contributed by atoms with Crippen LogP contribution < -0.4 is 10.1 Å². The first-order valence-corrected chi connectivity index (χ1v) is 11.0. The number of rotatable bonds is 9. The fraction of sp³-hybridized carbons (Fsp3) is 0.360. The van der Waals surface area contributed by atoms with Crippen LogP contribution in [0.5, 0.6) is 5.75 Å². The van der Waals surface area contributed by atoms with Crippen molar-refractivity contribution in [3.8, 4) is 5.75 Å². The molecule has 32 heavy (non-hydrogen) atoms. The highest BCUT2D eigenvalue weighted by Crippen LogP contribution is 2.34. The minimum absolute atomic E-state index is 0.0981. The van der Waals surface area contributed by atoms with Gasteiger partial charge in [-0.3, -0.25) is 14.5 Å². The van der Waals surface area contributed by atoms with Crippen LogP contribution in [0.25, 0.3) is 5.57 Å². The summed E-state index contributed by atoms with van der Waals surface area (Å²) in [5.74, 6) is -0.142. The van der Waals surface area contributed by atoms with Crippen molar-refractivity contribution >= 4 is 34.7 Å². The number of carbonyl (C=O) groups is 2. The zero-order valence-electron chi connectivity index (χ0n) is 19.1. The number of nitrogens with one attached hydrogen (secondary N) is 1. The average molecular weight is 457 g/mol. The summed E-state index contributed by atoms with van der Waals surface area (Å²) in [5.41, 5.74) is 3.95. The maximum Gasteiger partial charge on any atom is 0.278 e. The standard InChI is InChI=1S/C25H29ClN2O4/c1-15(2)32-12-6-11-28-24(29)22(19-9-7-16(3)13-17(19)4)23(25(28)30)27-18-8-10-21(31-5)20(26)14-18/h7-10,13-15,27H,6,11-12H2,1-5H3. The summed E-state index contributed by atoms with van der Waals surface area (Å²) < 4.78 is 10.8. The van der Waals surface area contributed by atoms with Gasteiger partial charge in [0.25, 0.3) is 11.8 Å². The zero-order chi connectivity index (χ0) is 23.4. The molecule has 0 saturated heterocycles. The highest BCUT2D eigenvalue weighted by Gasteiger charge is 2.39. The van der Waals surface area contributed by atoms with Gasteiger partial charge in [-0.25, -0.2) is 0 Å². The third-order valence-electron chi connectivity index (χ3n) is 5.22. The smallest absolute Gasteiger partial charge is 0.278 e. The zero-order valence-corrected chi connectivity index (χ0v) is 19.9. The molecule has 170 valence electrons. The summed E-state index contributed by atoms with van der Waals surface area (Å²) >= 11 is 6.26. The molecule has 2 aromatic carbocycles. The number of aryl methyl sites for hydroxylation is 2. The monoisotopic (exact) mass is 456 g/mol. The molecule has 0 spiro atoms. The van der Waals surface area contributed by atoms with E-state index in [1.54, 1.807) is 18.2 Å². The van der Waals surface area contributed by atoms with Gasteiger partial charge in [0.2, 0.25) is 0 Å². The molecule has 3 rings (SSSR count). The number of imide groups is 1. The molecule has 2 amide bonds. The van der Waals surface area contributed by atoms with E-state index >= 15 is 0 Å². The first-order valence-electron chi connectivity index (χ1n) is 10.6. The maximum absolute atomic E-state index is 13.4. The molecule has 2 aromatic rings. The van der Waals surface area contributed by atoms with Gasteiger partial charge >= 0.3 is 0 Å². The van der Waals surface area contributed by atoms with E-state index in [0.29, 0.717) is 35.1 Å². The molecular formula is C25H29ClN2O4. The summed E-state index contributed by atoms with van der Waals surface area (Å²) in [4.78, 5) is 28.0. The number of amides is 2. The van der Waals surface area contributed by atoms with Crippen molar-refractivity contribution in [2.45, 2.75) is 40.2 Å². The first-order chi connectivity index (χ1) is 15.2. The number of carbonyl (C=O) groups excluding carboxylic acids is 2. The molecule has 1 N–H and O–H groups in total. The number of anilines is 1. The molecule has 7 heteroatoms. The Morgan fingerprint density at radius 2 is 1.81 bits per heavy atom. The number of benzene rings is 2. The molecule has 1 aliphatic heterocycles. The van der Waals surface area contributed by atoms with E-state index in [1.807, 2.05) is 45.9 Å². The lowest BCUT2D eigenvalue weighted by Crippen LogP contribution is -2.34. The van der Waals surface area contributed by atoms with Crippen molar-refractivity contribution in [2.24, 2.45) is 0 Å². The van der Waals surface area contributed by atoms with Crippen LogP contribution in [0.1, 0.15) is 37.0 Å². The third kappa shape index (κ3) is 5.14. The minimum atomic E-state index is -0.360. The van der Waals surface area contributed by atoms with Crippen LogP contribution in [0.3, 0.4) is 0 Å². The molecule has 0 bridgehead atoms. The van der Waals surface area contributed by atoms with E-state index in [-0.39, 0.29) is 30.2 Å². The lowest BCUT2D eigenvalue weighted by Gasteiger charge is -2.16. The van der Waals surface area contributed by atoms with Crippen LogP contribution in [0.4, 0.5) is 5.69 Å². The molecule has 0 atom stereocenters. The Kier molecular flexibility index (Phi) is 7.59. The summed E-state index contributed by atoms with van der Waals surface area (Å²) in [6.07, 6.45) is 0.665. The van der Waals surface area contributed by atoms with Crippen LogP contribution in [-0.2, 0) is 14.3 Å². The van der Waals surface area contributed by atoms with E-state index < -0.39 is 0 Å². The highest BCUT2D eigenvalue weighted by molar-refractivity contribution is 6.37. The second-order valence-corrected chi connectivity index (χ2v) is 8.48. The molecule has 1 heterocycles. The number of hydrogen-bond acceptors (Lipinski definition) is 5. The molecule has 0 aliphatic carbocycles. The van der Waals surface area contributed by atoms with Gasteiger partial charge < -0.3 is 14.8 Å². The number of methoxy groups -OCH3 is 1. The predicted octanol–water partition coefficient (Wildman–Crippen LogP) is 4.97. The predicted molar refractivity (Wildman–Crippen MR) is 127 cm³/mol. The quantitative estimate of drug-likeness (QED) is 0.426. The fourth-order valence-corrected chi connectivity index (χ4v) is 3.93. The van der Waals surface area contributed by atoms with Gasteiger partial charge in [0.15, 0.2) is 0 Å². The lowest BCUT2D eigenvalue weighted by atomic mass is 9.97. The van der Waals surface area contributed by atoms with Crippen LogP contribution in [0.15, 0.2) is 42.1 Å². The van der Waals surface area contributed by atoms with Gasteiger partial charge in [-0.1, -0.05) is 35.4 Å². The summed E-state index contributed by atoms with van der Waals surface area (Å²) in [6.45, 7) is 8.60. The third-order valence-corrected chi connectivity index (χ3v) is 5.51. The average Bonchev–Trinajstić information content (AvgIpc) is 2.95. The van der Waals surface area contributed by atoms with Gasteiger partial charge in [-0.15, -0.1) is 0 Å². The number of ether oxygens (including phenoxy) is 2. The molecule has 0 fully saturated rings. The Balaban J connectivity index is 1.96.